The summed E-state index contributed by atoms with van der Waals surface area (Å²) in [5, 5.41) is 3.49. The molecule has 0 atom stereocenters. The number of thiazole rings is 1. The molecule has 0 amide bonds. The van der Waals surface area contributed by atoms with Crippen LogP contribution in [0, 0.1) is 4.77 Å². The van der Waals surface area contributed by atoms with Crippen molar-refractivity contribution in [3.8, 4) is 0 Å². The number of hydrogen-bond acceptors (Lipinski definition) is 5. The van der Waals surface area contributed by atoms with E-state index in [2.05, 4.69) is 16.9 Å². The molecule has 0 bridgehead atoms. The molecule has 0 spiro atoms. The molecule has 0 aliphatic carbocycles. The first kappa shape index (κ1) is 12.7. The van der Waals surface area contributed by atoms with Crippen molar-refractivity contribution in [3.63, 3.8) is 0 Å². The van der Waals surface area contributed by atoms with Gasteiger partial charge in [-0.3, -0.25) is 9.36 Å². The Labute approximate surface area is 122 Å². The highest BCUT2D eigenvalue weighted by molar-refractivity contribution is 7.71. The number of fused-ring (bicyclic) bond motifs is 1. The van der Waals surface area contributed by atoms with Crippen molar-refractivity contribution in [2.75, 3.05) is 0 Å². The third-order valence-corrected chi connectivity index (χ3v) is 5.13. The van der Waals surface area contributed by atoms with Gasteiger partial charge >= 0.3 is 0 Å². The Bertz CT molecular complexity index is 840. The molecule has 0 aliphatic rings. The van der Waals surface area contributed by atoms with Gasteiger partial charge in [-0.1, -0.05) is 6.92 Å². The molecule has 4 nitrogen and oxygen atoms in total. The van der Waals surface area contributed by atoms with E-state index < -0.39 is 0 Å². The van der Waals surface area contributed by atoms with Gasteiger partial charge in [0.1, 0.15) is 9.84 Å². The van der Waals surface area contributed by atoms with E-state index in [1.54, 1.807) is 15.9 Å². The summed E-state index contributed by atoms with van der Waals surface area (Å²) in [6.45, 7) is 2.53. The number of thiophene rings is 1. The van der Waals surface area contributed by atoms with Crippen molar-refractivity contribution < 1.29 is 0 Å². The van der Waals surface area contributed by atoms with E-state index >= 15 is 0 Å². The number of aryl methyl sites for hydroxylation is 1. The Morgan fingerprint density at radius 2 is 2.37 bits per heavy atom. The summed E-state index contributed by atoms with van der Waals surface area (Å²) in [6.07, 6.45) is 2.82. The maximum atomic E-state index is 12.4. The SMILES string of the molecule is CCc1cnc(Cn2c(=S)[nH]c3sccc3c2=O)s1. The smallest absolute Gasteiger partial charge is 0.263 e. The summed E-state index contributed by atoms with van der Waals surface area (Å²) in [4.78, 5) is 21.8. The number of nitrogens with zero attached hydrogens (tertiary/aromatic N) is 2. The summed E-state index contributed by atoms with van der Waals surface area (Å²) < 4.78 is 2.02. The molecule has 0 radical (unpaired) electrons. The second-order valence-electron chi connectivity index (χ2n) is 4.06. The zero-order valence-corrected chi connectivity index (χ0v) is 12.6. The van der Waals surface area contributed by atoms with Crippen molar-refractivity contribution in [2.24, 2.45) is 0 Å². The predicted molar refractivity (Wildman–Crippen MR) is 81.9 cm³/mol. The van der Waals surface area contributed by atoms with Gasteiger partial charge in [-0.25, -0.2) is 4.98 Å². The third-order valence-electron chi connectivity index (χ3n) is 2.85. The highest BCUT2D eigenvalue weighted by atomic mass is 32.1. The van der Waals surface area contributed by atoms with Gasteiger partial charge in [-0.15, -0.1) is 22.7 Å². The molecule has 1 N–H and O–H groups in total. The van der Waals surface area contributed by atoms with Crippen LogP contribution in [0.5, 0.6) is 0 Å². The maximum absolute atomic E-state index is 12.4. The van der Waals surface area contributed by atoms with Gasteiger partial charge in [0.2, 0.25) is 0 Å². The number of hydrogen-bond donors (Lipinski definition) is 1. The van der Waals surface area contributed by atoms with Gasteiger partial charge in [-0.2, -0.15) is 0 Å². The normalized spacial score (nSPS) is 11.2. The molecule has 19 heavy (non-hydrogen) atoms. The number of aromatic amines is 1. The molecule has 0 fully saturated rings. The fourth-order valence-corrected chi connectivity index (χ4v) is 3.78. The van der Waals surface area contributed by atoms with Crippen LogP contribution in [0.15, 0.2) is 22.4 Å². The molecule has 98 valence electrons. The van der Waals surface area contributed by atoms with Gasteiger partial charge in [0.25, 0.3) is 5.56 Å². The first-order chi connectivity index (χ1) is 9.19. The standard InChI is InChI=1S/C12H11N3OS3/c1-2-7-5-13-9(19-7)6-15-11(16)8-3-4-18-10(8)14-12(15)17/h3-5H,2,6H2,1H3,(H,14,17). The lowest BCUT2D eigenvalue weighted by Gasteiger charge is -2.03. The van der Waals surface area contributed by atoms with Gasteiger partial charge in [0.05, 0.1) is 11.9 Å². The summed E-state index contributed by atoms with van der Waals surface area (Å²) in [5.41, 5.74) is -0.0479. The van der Waals surface area contributed by atoms with Gasteiger partial charge in [-0.05, 0) is 30.1 Å². The number of aromatic nitrogens is 3. The molecular weight excluding hydrogens is 298 g/mol. The summed E-state index contributed by atoms with van der Waals surface area (Å²) in [6, 6.07) is 1.82. The lowest BCUT2D eigenvalue weighted by atomic mass is 10.4. The molecule has 7 heteroatoms. The summed E-state index contributed by atoms with van der Waals surface area (Å²) in [7, 11) is 0. The molecule has 0 unspecified atom stereocenters. The number of rotatable bonds is 3. The molecule has 3 rings (SSSR count). The average molecular weight is 309 g/mol. The Balaban J connectivity index is 2.09. The van der Waals surface area contributed by atoms with Crippen LogP contribution in [0.4, 0.5) is 0 Å². The van der Waals surface area contributed by atoms with E-state index in [9.17, 15) is 4.79 Å². The average Bonchev–Trinajstić information content (AvgIpc) is 3.02. The van der Waals surface area contributed by atoms with Gasteiger partial charge in [0.15, 0.2) is 4.77 Å². The molecular formula is C12H11N3OS3. The number of H-pyrrole nitrogens is 1. The molecule has 3 heterocycles. The van der Waals surface area contributed by atoms with Crippen molar-refractivity contribution in [1.29, 1.82) is 0 Å². The zero-order chi connectivity index (χ0) is 13.4. The molecule has 0 aromatic carbocycles. The molecule has 0 aliphatic heterocycles. The summed E-state index contributed by atoms with van der Waals surface area (Å²) in [5.74, 6) is 0. The van der Waals surface area contributed by atoms with E-state index in [0.717, 1.165) is 16.3 Å². The first-order valence-corrected chi connectivity index (χ1v) is 7.93. The van der Waals surface area contributed by atoms with Crippen LogP contribution in [0.2, 0.25) is 0 Å². The molecule has 0 saturated heterocycles. The molecule has 3 aromatic heterocycles. The lowest BCUT2D eigenvalue weighted by molar-refractivity contribution is 0.731. The van der Waals surface area contributed by atoms with E-state index in [4.69, 9.17) is 12.2 Å². The maximum Gasteiger partial charge on any atom is 0.263 e. The molecule has 0 saturated carbocycles. The van der Waals surface area contributed by atoms with Crippen molar-refractivity contribution in [3.05, 3.63) is 42.7 Å². The zero-order valence-electron chi connectivity index (χ0n) is 10.2. The minimum Gasteiger partial charge on any atom is -0.323 e. The van der Waals surface area contributed by atoms with Crippen molar-refractivity contribution in [1.82, 2.24) is 14.5 Å². The summed E-state index contributed by atoms with van der Waals surface area (Å²) >= 11 is 8.37. The monoisotopic (exact) mass is 309 g/mol. The third kappa shape index (κ3) is 2.29. The van der Waals surface area contributed by atoms with E-state index in [1.807, 2.05) is 17.6 Å². The fraction of sp³-hybridized carbons (Fsp3) is 0.250. The van der Waals surface area contributed by atoms with Crippen LogP contribution in [0.3, 0.4) is 0 Å². The Hall–Kier alpha value is -1.31. The Morgan fingerprint density at radius 1 is 1.53 bits per heavy atom. The van der Waals surface area contributed by atoms with Gasteiger partial charge < -0.3 is 4.98 Å². The van der Waals surface area contributed by atoms with Crippen LogP contribution in [0.1, 0.15) is 16.8 Å². The Kier molecular flexibility index (Phi) is 3.34. The highest BCUT2D eigenvalue weighted by Crippen LogP contribution is 2.17. The van der Waals surface area contributed by atoms with E-state index in [1.165, 1.54) is 16.2 Å². The fourth-order valence-electron chi connectivity index (χ4n) is 1.84. The second-order valence-corrected chi connectivity index (χ2v) is 6.56. The number of nitrogens with one attached hydrogen (secondary N) is 1. The van der Waals surface area contributed by atoms with Crippen molar-refractivity contribution >= 4 is 45.1 Å². The van der Waals surface area contributed by atoms with E-state index in [-0.39, 0.29) is 5.56 Å². The van der Waals surface area contributed by atoms with Crippen LogP contribution >= 0.6 is 34.9 Å². The largest absolute Gasteiger partial charge is 0.323 e. The van der Waals surface area contributed by atoms with Crippen LogP contribution in [-0.4, -0.2) is 14.5 Å². The van der Waals surface area contributed by atoms with Crippen molar-refractivity contribution in [2.45, 2.75) is 19.9 Å². The minimum atomic E-state index is -0.0479. The lowest BCUT2D eigenvalue weighted by Crippen LogP contribution is -2.22. The topological polar surface area (TPSA) is 50.7 Å². The van der Waals surface area contributed by atoms with Crippen LogP contribution in [0.25, 0.3) is 10.2 Å². The van der Waals surface area contributed by atoms with Gasteiger partial charge in [0, 0.05) is 11.1 Å². The van der Waals surface area contributed by atoms with Crippen LogP contribution < -0.4 is 5.56 Å². The highest BCUT2D eigenvalue weighted by Gasteiger charge is 2.09. The van der Waals surface area contributed by atoms with E-state index in [0.29, 0.717) is 16.7 Å². The first-order valence-electron chi connectivity index (χ1n) is 5.83. The second kappa shape index (κ2) is 4.99. The minimum absolute atomic E-state index is 0.0479. The Morgan fingerprint density at radius 3 is 3.11 bits per heavy atom. The van der Waals surface area contributed by atoms with Crippen LogP contribution in [-0.2, 0) is 13.0 Å². The predicted octanol–water partition coefficient (Wildman–Crippen LogP) is 3.19. The molecule has 3 aromatic rings. The quantitative estimate of drug-likeness (QED) is 0.756.